The van der Waals surface area contributed by atoms with Gasteiger partial charge in [-0.2, -0.15) is 0 Å². The van der Waals surface area contributed by atoms with E-state index in [2.05, 4.69) is 24.1 Å². The van der Waals surface area contributed by atoms with Crippen molar-refractivity contribution in [3.63, 3.8) is 0 Å². The largest absolute Gasteiger partial charge is 0.355 e. The third kappa shape index (κ3) is 3.25. The second-order valence-electron chi connectivity index (χ2n) is 9.44. The van der Waals surface area contributed by atoms with Crippen molar-refractivity contribution in [1.29, 1.82) is 0 Å². The van der Waals surface area contributed by atoms with Crippen LogP contribution in [-0.4, -0.2) is 34.8 Å². The van der Waals surface area contributed by atoms with Crippen molar-refractivity contribution < 1.29 is 9.59 Å². The number of carbonyl (C=O) groups is 2. The molecule has 1 atom stereocenters. The summed E-state index contributed by atoms with van der Waals surface area (Å²) in [7, 11) is 0. The predicted octanol–water partition coefficient (Wildman–Crippen LogP) is 4.64. The summed E-state index contributed by atoms with van der Waals surface area (Å²) in [6.45, 7) is 4.93. The van der Waals surface area contributed by atoms with Crippen molar-refractivity contribution in [1.82, 2.24) is 10.2 Å². The zero-order valence-corrected chi connectivity index (χ0v) is 17.4. The van der Waals surface area contributed by atoms with Crippen LogP contribution in [0.3, 0.4) is 0 Å². The van der Waals surface area contributed by atoms with Gasteiger partial charge in [-0.15, -0.1) is 0 Å². The lowest BCUT2D eigenvalue weighted by Crippen LogP contribution is -2.63. The van der Waals surface area contributed by atoms with Crippen LogP contribution in [0.5, 0.6) is 0 Å². The fraction of sp³-hybridized carbons (Fsp3) is 0.667. The Bertz CT molecular complexity index is 730. The number of nitrogens with one attached hydrogen (secondary N) is 1. The van der Waals surface area contributed by atoms with Crippen LogP contribution in [-0.2, 0) is 4.79 Å². The summed E-state index contributed by atoms with van der Waals surface area (Å²) in [5, 5.41) is 3.21. The number of benzene rings is 1. The van der Waals surface area contributed by atoms with E-state index in [-0.39, 0.29) is 29.3 Å². The van der Waals surface area contributed by atoms with Gasteiger partial charge in [0.25, 0.3) is 5.91 Å². The summed E-state index contributed by atoms with van der Waals surface area (Å²) in [4.78, 5) is 29.4. The second-order valence-corrected chi connectivity index (χ2v) is 9.44. The van der Waals surface area contributed by atoms with Crippen LogP contribution >= 0.6 is 0 Å². The molecule has 1 unspecified atom stereocenters. The normalized spacial score (nSPS) is 24.6. The van der Waals surface area contributed by atoms with Crippen LogP contribution in [0.1, 0.15) is 93.5 Å². The summed E-state index contributed by atoms with van der Waals surface area (Å²) < 4.78 is 0. The Labute approximate surface area is 169 Å². The van der Waals surface area contributed by atoms with E-state index in [0.717, 1.165) is 49.7 Å². The molecule has 2 amide bonds. The molecule has 2 aliphatic carbocycles. The summed E-state index contributed by atoms with van der Waals surface area (Å²) in [6, 6.07) is 8.15. The molecular formula is C24H34N2O2. The van der Waals surface area contributed by atoms with Crippen molar-refractivity contribution in [3.8, 4) is 0 Å². The molecule has 4 nitrogen and oxygen atoms in total. The van der Waals surface area contributed by atoms with Crippen LogP contribution in [0.2, 0.25) is 0 Å². The van der Waals surface area contributed by atoms with E-state index in [0.29, 0.717) is 12.5 Å². The minimum absolute atomic E-state index is 0.108. The molecule has 1 aromatic rings. The standard InChI is InChI=1S/C24H34N2O2/c1-17(2)16-25-22(27)21-19-12-6-7-13-20(19)23(28)26(18-10-4-3-5-11-18)24(21)14-8-9-15-24/h6-7,12-13,17-18,21H,3-5,8-11,14-16H2,1-2H3,(H,25,27). The molecule has 1 aromatic carbocycles. The average Bonchev–Trinajstić information content (AvgIpc) is 3.17. The summed E-state index contributed by atoms with van der Waals surface area (Å²) in [5.74, 6) is 0.441. The molecule has 1 N–H and O–H groups in total. The van der Waals surface area contributed by atoms with Crippen molar-refractivity contribution in [3.05, 3.63) is 35.4 Å². The Morgan fingerprint density at radius 2 is 1.79 bits per heavy atom. The lowest BCUT2D eigenvalue weighted by Gasteiger charge is -2.54. The van der Waals surface area contributed by atoms with E-state index in [1.165, 1.54) is 19.3 Å². The zero-order chi connectivity index (χ0) is 19.7. The van der Waals surface area contributed by atoms with E-state index in [4.69, 9.17) is 0 Å². The fourth-order valence-electron chi connectivity index (χ4n) is 5.88. The van der Waals surface area contributed by atoms with Gasteiger partial charge in [0, 0.05) is 18.2 Å². The number of fused-ring (bicyclic) bond motifs is 1. The number of carbonyl (C=O) groups excluding carboxylic acids is 2. The summed E-state index contributed by atoms with van der Waals surface area (Å²) in [5.41, 5.74) is 1.35. The van der Waals surface area contributed by atoms with E-state index >= 15 is 0 Å². The SMILES string of the molecule is CC(C)CNC(=O)C1c2ccccc2C(=O)N(C2CCCCC2)C12CCCC2. The number of nitrogens with zero attached hydrogens (tertiary/aromatic N) is 1. The quantitative estimate of drug-likeness (QED) is 0.824. The molecule has 2 saturated carbocycles. The third-order valence-electron chi connectivity index (χ3n) is 7.09. The Morgan fingerprint density at radius 3 is 2.46 bits per heavy atom. The maximum absolute atomic E-state index is 13.7. The van der Waals surface area contributed by atoms with Crippen LogP contribution in [0.25, 0.3) is 0 Å². The lowest BCUT2D eigenvalue weighted by molar-refractivity contribution is -0.127. The molecular weight excluding hydrogens is 348 g/mol. The van der Waals surface area contributed by atoms with Crippen molar-refractivity contribution >= 4 is 11.8 Å². The summed E-state index contributed by atoms with van der Waals surface area (Å²) >= 11 is 0. The molecule has 2 fully saturated rings. The molecule has 0 bridgehead atoms. The van der Waals surface area contributed by atoms with E-state index < -0.39 is 0 Å². The molecule has 4 rings (SSSR count). The minimum Gasteiger partial charge on any atom is -0.355 e. The van der Waals surface area contributed by atoms with Crippen molar-refractivity contribution in [2.75, 3.05) is 6.54 Å². The second kappa shape index (κ2) is 7.88. The zero-order valence-electron chi connectivity index (χ0n) is 17.4. The number of hydrogen-bond acceptors (Lipinski definition) is 2. The highest BCUT2D eigenvalue weighted by Crippen LogP contribution is 2.52. The van der Waals surface area contributed by atoms with E-state index in [1.807, 2.05) is 24.3 Å². The Kier molecular flexibility index (Phi) is 5.48. The Morgan fingerprint density at radius 1 is 1.11 bits per heavy atom. The van der Waals surface area contributed by atoms with Crippen LogP contribution in [0, 0.1) is 5.92 Å². The van der Waals surface area contributed by atoms with Crippen LogP contribution < -0.4 is 5.32 Å². The highest BCUT2D eigenvalue weighted by molar-refractivity contribution is 6.02. The number of amides is 2. The first-order valence-electron chi connectivity index (χ1n) is 11.2. The third-order valence-corrected chi connectivity index (χ3v) is 7.09. The maximum Gasteiger partial charge on any atom is 0.254 e. The molecule has 1 spiro atoms. The van der Waals surface area contributed by atoms with Gasteiger partial charge in [-0.05, 0) is 43.2 Å². The summed E-state index contributed by atoms with van der Waals surface area (Å²) in [6.07, 6.45) is 9.91. The first kappa shape index (κ1) is 19.5. The fourth-order valence-corrected chi connectivity index (χ4v) is 5.88. The molecule has 3 aliphatic rings. The molecule has 1 aliphatic heterocycles. The highest BCUT2D eigenvalue weighted by atomic mass is 16.2. The maximum atomic E-state index is 13.7. The van der Waals surface area contributed by atoms with Crippen molar-refractivity contribution in [2.45, 2.75) is 89.1 Å². The van der Waals surface area contributed by atoms with Gasteiger partial charge in [0.2, 0.25) is 5.91 Å². The van der Waals surface area contributed by atoms with Crippen molar-refractivity contribution in [2.24, 2.45) is 5.92 Å². The van der Waals surface area contributed by atoms with Gasteiger partial charge in [0.15, 0.2) is 0 Å². The van der Waals surface area contributed by atoms with Gasteiger partial charge in [0.1, 0.15) is 0 Å². The van der Waals surface area contributed by atoms with Gasteiger partial charge in [-0.25, -0.2) is 0 Å². The van der Waals surface area contributed by atoms with Gasteiger partial charge in [-0.3, -0.25) is 9.59 Å². The van der Waals surface area contributed by atoms with E-state index in [1.54, 1.807) is 0 Å². The minimum atomic E-state index is -0.339. The van der Waals surface area contributed by atoms with E-state index in [9.17, 15) is 9.59 Å². The smallest absolute Gasteiger partial charge is 0.254 e. The highest BCUT2D eigenvalue weighted by Gasteiger charge is 2.57. The van der Waals surface area contributed by atoms with Crippen LogP contribution in [0.15, 0.2) is 24.3 Å². The predicted molar refractivity (Wildman–Crippen MR) is 111 cm³/mol. The molecule has 28 heavy (non-hydrogen) atoms. The molecule has 0 radical (unpaired) electrons. The molecule has 4 heteroatoms. The van der Waals surface area contributed by atoms with Gasteiger partial charge < -0.3 is 10.2 Å². The lowest BCUT2D eigenvalue weighted by atomic mass is 9.69. The number of rotatable bonds is 4. The average molecular weight is 383 g/mol. The van der Waals surface area contributed by atoms with Gasteiger partial charge in [0.05, 0.1) is 11.5 Å². The molecule has 0 aromatic heterocycles. The van der Waals surface area contributed by atoms with Crippen LogP contribution in [0.4, 0.5) is 0 Å². The monoisotopic (exact) mass is 382 g/mol. The molecule has 0 saturated heterocycles. The topological polar surface area (TPSA) is 49.4 Å². The molecule has 152 valence electrons. The number of hydrogen-bond donors (Lipinski definition) is 1. The molecule has 1 heterocycles. The Hall–Kier alpha value is -1.84. The first-order valence-corrected chi connectivity index (χ1v) is 11.2. The first-order chi connectivity index (χ1) is 13.5. The van der Waals surface area contributed by atoms with Gasteiger partial charge >= 0.3 is 0 Å². The van der Waals surface area contributed by atoms with Gasteiger partial charge in [-0.1, -0.05) is 64.2 Å². The Balaban J connectivity index is 1.80.